The third-order valence-corrected chi connectivity index (χ3v) is 3.06. The van der Waals surface area contributed by atoms with Crippen molar-refractivity contribution in [2.45, 2.75) is 19.1 Å². The minimum atomic E-state index is -1.01. The molecule has 0 aliphatic carbocycles. The number of carboxylic acids is 1. The van der Waals surface area contributed by atoms with Crippen LogP contribution < -0.4 is 5.32 Å². The molecule has 8 nitrogen and oxygen atoms in total. The van der Waals surface area contributed by atoms with Crippen LogP contribution >= 0.6 is 0 Å². The van der Waals surface area contributed by atoms with Gasteiger partial charge < -0.3 is 20.1 Å². The average molecular weight is 282 g/mol. The molecule has 0 bridgehead atoms. The maximum Gasteiger partial charge on any atom is 0.329 e. The molecule has 2 N–H and O–H groups in total. The van der Waals surface area contributed by atoms with Crippen molar-refractivity contribution in [3.63, 3.8) is 0 Å². The molecule has 0 radical (unpaired) electrons. The minimum Gasteiger partial charge on any atom is -0.480 e. The molecule has 1 aliphatic heterocycles. The maximum atomic E-state index is 11.8. The van der Waals surface area contributed by atoms with Crippen LogP contribution in [0, 0.1) is 0 Å². The summed E-state index contributed by atoms with van der Waals surface area (Å²) in [4.78, 5) is 23.8. The van der Waals surface area contributed by atoms with Gasteiger partial charge in [-0.15, -0.1) is 0 Å². The molecular formula is C12H18N4O4. The van der Waals surface area contributed by atoms with Crippen molar-refractivity contribution in [2.24, 2.45) is 0 Å². The first-order valence-corrected chi connectivity index (χ1v) is 6.34. The Balaban J connectivity index is 1.64. The highest BCUT2D eigenvalue weighted by Crippen LogP contribution is 2.24. The first kappa shape index (κ1) is 14.3. The standard InChI is InChI=1S/C12H18N4O4/c1-12(20-7-10(17)18)8-15(9-12)11(19)13-4-6-16-5-2-3-14-16/h2-3,5H,4,6-9H2,1H3,(H,13,19)(H,17,18). The number of amides is 2. The lowest BCUT2D eigenvalue weighted by atomic mass is 9.97. The molecule has 0 aromatic carbocycles. The molecule has 1 saturated heterocycles. The summed E-state index contributed by atoms with van der Waals surface area (Å²) in [5.41, 5.74) is -0.558. The lowest BCUT2D eigenvalue weighted by molar-refractivity contribution is -0.159. The maximum absolute atomic E-state index is 11.8. The van der Waals surface area contributed by atoms with E-state index in [1.54, 1.807) is 22.7 Å². The molecule has 1 aromatic rings. The number of aromatic nitrogens is 2. The van der Waals surface area contributed by atoms with Crippen LogP contribution in [0.4, 0.5) is 4.79 Å². The number of aliphatic carboxylic acids is 1. The van der Waals surface area contributed by atoms with E-state index in [0.29, 0.717) is 26.2 Å². The lowest BCUT2D eigenvalue weighted by Crippen LogP contribution is -2.65. The quantitative estimate of drug-likeness (QED) is 0.751. The molecule has 0 saturated carbocycles. The molecule has 0 atom stereocenters. The fourth-order valence-corrected chi connectivity index (χ4v) is 2.05. The van der Waals surface area contributed by atoms with Gasteiger partial charge in [-0.3, -0.25) is 4.68 Å². The number of carbonyl (C=O) groups excluding carboxylic acids is 1. The van der Waals surface area contributed by atoms with Gasteiger partial charge in [-0.25, -0.2) is 9.59 Å². The van der Waals surface area contributed by atoms with E-state index < -0.39 is 11.6 Å². The smallest absolute Gasteiger partial charge is 0.329 e. The van der Waals surface area contributed by atoms with Crippen LogP contribution in [-0.4, -0.2) is 63.6 Å². The van der Waals surface area contributed by atoms with E-state index in [-0.39, 0.29) is 12.6 Å². The number of carbonyl (C=O) groups is 2. The van der Waals surface area contributed by atoms with E-state index >= 15 is 0 Å². The molecule has 8 heteroatoms. The SMILES string of the molecule is CC1(OCC(=O)O)CN(C(=O)NCCn2cccn2)C1. The Kier molecular flexibility index (Phi) is 4.23. The second kappa shape index (κ2) is 5.91. The highest BCUT2D eigenvalue weighted by Gasteiger charge is 2.42. The molecule has 1 aromatic heterocycles. The van der Waals surface area contributed by atoms with Crippen molar-refractivity contribution < 1.29 is 19.4 Å². The largest absolute Gasteiger partial charge is 0.480 e. The first-order chi connectivity index (χ1) is 9.48. The minimum absolute atomic E-state index is 0.173. The molecule has 2 amide bonds. The van der Waals surface area contributed by atoms with Gasteiger partial charge in [0, 0.05) is 18.9 Å². The van der Waals surface area contributed by atoms with Crippen molar-refractivity contribution >= 4 is 12.0 Å². The fourth-order valence-electron chi connectivity index (χ4n) is 2.05. The van der Waals surface area contributed by atoms with E-state index in [9.17, 15) is 9.59 Å². The molecule has 1 fully saturated rings. The van der Waals surface area contributed by atoms with Crippen molar-refractivity contribution in [2.75, 3.05) is 26.2 Å². The second-order valence-electron chi connectivity index (χ2n) is 4.99. The van der Waals surface area contributed by atoms with Gasteiger partial charge in [-0.2, -0.15) is 5.10 Å². The Morgan fingerprint density at radius 1 is 1.50 bits per heavy atom. The van der Waals surface area contributed by atoms with Gasteiger partial charge >= 0.3 is 12.0 Å². The highest BCUT2D eigenvalue weighted by atomic mass is 16.5. The zero-order valence-electron chi connectivity index (χ0n) is 11.3. The molecule has 1 aliphatic rings. The van der Waals surface area contributed by atoms with Gasteiger partial charge in [0.1, 0.15) is 12.2 Å². The normalized spacial score (nSPS) is 16.6. The number of hydrogen-bond donors (Lipinski definition) is 2. The lowest BCUT2D eigenvalue weighted by Gasteiger charge is -2.46. The molecule has 110 valence electrons. The Labute approximate surface area is 116 Å². The van der Waals surface area contributed by atoms with Crippen LogP contribution in [0.3, 0.4) is 0 Å². The molecule has 0 spiro atoms. The number of urea groups is 1. The van der Waals surface area contributed by atoms with Gasteiger partial charge in [0.2, 0.25) is 0 Å². The Hall–Kier alpha value is -2.09. The molecule has 2 heterocycles. The van der Waals surface area contributed by atoms with Gasteiger partial charge in [-0.05, 0) is 13.0 Å². The van der Waals surface area contributed by atoms with Crippen LogP contribution in [0.15, 0.2) is 18.5 Å². The molecule has 20 heavy (non-hydrogen) atoms. The third kappa shape index (κ3) is 3.70. The van der Waals surface area contributed by atoms with Crippen molar-refractivity contribution in [1.29, 1.82) is 0 Å². The Morgan fingerprint density at radius 2 is 2.25 bits per heavy atom. The predicted molar refractivity (Wildman–Crippen MR) is 69.2 cm³/mol. The Morgan fingerprint density at radius 3 is 2.85 bits per heavy atom. The average Bonchev–Trinajstić information content (AvgIpc) is 2.86. The van der Waals surface area contributed by atoms with Gasteiger partial charge in [0.05, 0.1) is 19.6 Å². The summed E-state index contributed by atoms with van der Waals surface area (Å²) in [6, 6.07) is 1.65. The van der Waals surface area contributed by atoms with E-state index in [4.69, 9.17) is 9.84 Å². The van der Waals surface area contributed by atoms with E-state index in [1.807, 2.05) is 12.3 Å². The summed E-state index contributed by atoms with van der Waals surface area (Å²) in [6.07, 6.45) is 3.51. The third-order valence-electron chi connectivity index (χ3n) is 3.06. The number of nitrogens with one attached hydrogen (secondary N) is 1. The van der Waals surface area contributed by atoms with Gasteiger partial charge in [-0.1, -0.05) is 0 Å². The monoisotopic (exact) mass is 282 g/mol. The molecule has 2 rings (SSSR count). The zero-order valence-corrected chi connectivity index (χ0v) is 11.3. The van der Waals surface area contributed by atoms with Crippen molar-refractivity contribution in [3.8, 4) is 0 Å². The number of nitrogens with zero attached hydrogens (tertiary/aromatic N) is 3. The molecule has 0 unspecified atom stereocenters. The van der Waals surface area contributed by atoms with Crippen LogP contribution in [0.5, 0.6) is 0 Å². The van der Waals surface area contributed by atoms with Crippen molar-refractivity contribution in [3.05, 3.63) is 18.5 Å². The highest BCUT2D eigenvalue weighted by molar-refractivity contribution is 5.75. The number of rotatable bonds is 6. The summed E-state index contributed by atoms with van der Waals surface area (Å²) in [5.74, 6) is -1.01. The van der Waals surface area contributed by atoms with E-state index in [0.717, 1.165) is 0 Å². The van der Waals surface area contributed by atoms with Crippen LogP contribution in [0.2, 0.25) is 0 Å². The van der Waals surface area contributed by atoms with Crippen LogP contribution in [-0.2, 0) is 16.1 Å². The number of hydrogen-bond acceptors (Lipinski definition) is 4. The van der Waals surface area contributed by atoms with Crippen molar-refractivity contribution in [1.82, 2.24) is 20.0 Å². The van der Waals surface area contributed by atoms with Crippen LogP contribution in [0.25, 0.3) is 0 Å². The number of carboxylic acid groups (broad SMARTS) is 1. The van der Waals surface area contributed by atoms with Gasteiger partial charge in [0.15, 0.2) is 0 Å². The number of ether oxygens (including phenoxy) is 1. The summed E-state index contributed by atoms with van der Waals surface area (Å²) in [5, 5.41) is 15.4. The number of likely N-dealkylation sites (tertiary alicyclic amines) is 1. The van der Waals surface area contributed by atoms with Crippen LogP contribution in [0.1, 0.15) is 6.92 Å². The topological polar surface area (TPSA) is 96.7 Å². The van der Waals surface area contributed by atoms with E-state index in [1.165, 1.54) is 0 Å². The summed E-state index contributed by atoms with van der Waals surface area (Å²) < 4.78 is 6.97. The summed E-state index contributed by atoms with van der Waals surface area (Å²) in [6.45, 7) is 3.35. The van der Waals surface area contributed by atoms with Gasteiger partial charge in [0.25, 0.3) is 0 Å². The predicted octanol–water partition coefficient (Wildman–Crippen LogP) is -0.232. The second-order valence-corrected chi connectivity index (χ2v) is 4.99. The fraction of sp³-hybridized carbons (Fsp3) is 0.583. The first-order valence-electron chi connectivity index (χ1n) is 6.34. The van der Waals surface area contributed by atoms with E-state index in [2.05, 4.69) is 10.4 Å². The summed E-state index contributed by atoms with van der Waals surface area (Å²) >= 11 is 0. The Bertz CT molecular complexity index is 468. The zero-order chi connectivity index (χ0) is 14.6. The summed E-state index contributed by atoms with van der Waals surface area (Å²) in [7, 11) is 0. The molecular weight excluding hydrogens is 264 g/mol.